The highest BCUT2D eigenvalue weighted by molar-refractivity contribution is 7.89. The van der Waals surface area contributed by atoms with Crippen LogP contribution in [0.5, 0.6) is 5.75 Å². The second kappa shape index (κ2) is 8.39. The Hall–Kier alpha value is -2.61. The number of nitrogens with one attached hydrogen (secondary N) is 1. The van der Waals surface area contributed by atoms with Crippen LogP contribution < -0.4 is 15.2 Å². The first-order valence-electron chi connectivity index (χ1n) is 8.11. The topological polar surface area (TPSA) is 94.3 Å². The van der Waals surface area contributed by atoms with Crippen LogP contribution in [-0.4, -0.2) is 13.4 Å². The van der Waals surface area contributed by atoms with Crippen LogP contribution in [0.15, 0.2) is 71.8 Å². The van der Waals surface area contributed by atoms with Crippen molar-refractivity contribution >= 4 is 27.4 Å². The molecule has 3 rings (SSSR count). The van der Waals surface area contributed by atoms with Crippen molar-refractivity contribution in [1.82, 2.24) is 4.98 Å². The van der Waals surface area contributed by atoms with Crippen molar-refractivity contribution in [2.45, 2.75) is 18.0 Å². The van der Waals surface area contributed by atoms with E-state index in [2.05, 4.69) is 10.3 Å². The predicted octanol–water partition coefficient (Wildman–Crippen LogP) is 3.57. The molecule has 0 aliphatic heterocycles. The molecule has 8 heteroatoms. The molecule has 1 heterocycles. The van der Waals surface area contributed by atoms with Crippen molar-refractivity contribution < 1.29 is 13.2 Å². The summed E-state index contributed by atoms with van der Waals surface area (Å²) in [7, 11) is -3.86. The van der Waals surface area contributed by atoms with Crippen LogP contribution >= 0.6 is 11.6 Å². The van der Waals surface area contributed by atoms with Gasteiger partial charge in [0.1, 0.15) is 23.1 Å². The maximum atomic E-state index is 11.7. The van der Waals surface area contributed by atoms with Gasteiger partial charge in [0.2, 0.25) is 10.0 Å². The van der Waals surface area contributed by atoms with E-state index in [-0.39, 0.29) is 10.7 Å². The van der Waals surface area contributed by atoms with Gasteiger partial charge in [-0.3, -0.25) is 0 Å². The minimum atomic E-state index is -3.86. The molecule has 0 fully saturated rings. The Morgan fingerprint density at radius 3 is 2.44 bits per heavy atom. The molecule has 3 aromatic rings. The number of benzene rings is 2. The lowest BCUT2D eigenvalue weighted by atomic mass is 10.1. The molecular formula is C19H18ClN3O3S. The Morgan fingerprint density at radius 2 is 1.70 bits per heavy atom. The van der Waals surface area contributed by atoms with Crippen LogP contribution in [0.2, 0.25) is 5.02 Å². The molecule has 140 valence electrons. The summed E-state index contributed by atoms with van der Waals surface area (Å²) in [5.41, 5.74) is 1.88. The molecule has 0 spiro atoms. The van der Waals surface area contributed by atoms with Crippen LogP contribution in [0, 0.1) is 0 Å². The second-order valence-corrected chi connectivity index (χ2v) is 7.67. The zero-order valence-electron chi connectivity index (χ0n) is 14.3. The van der Waals surface area contributed by atoms with Crippen molar-refractivity contribution in [2.24, 2.45) is 5.14 Å². The van der Waals surface area contributed by atoms with E-state index in [0.29, 0.717) is 23.9 Å². The van der Waals surface area contributed by atoms with Gasteiger partial charge in [-0.15, -0.1) is 0 Å². The third-order valence-electron chi connectivity index (χ3n) is 3.86. The van der Waals surface area contributed by atoms with Gasteiger partial charge in [0.15, 0.2) is 0 Å². The number of aromatic nitrogens is 1. The first-order chi connectivity index (χ1) is 12.9. The standard InChI is InChI=1S/C19H18ClN3O3S/c20-16-8-3-4-9-17(16)26-13-15-7-2-1-6-14(15)12-23-19-18(27(21,24)25)10-5-11-22-19/h1-11H,12-13H2,(H,22,23)(H2,21,24,25). The zero-order chi connectivity index (χ0) is 19.3. The maximum Gasteiger partial charge on any atom is 0.241 e. The highest BCUT2D eigenvalue weighted by Crippen LogP contribution is 2.25. The predicted molar refractivity (Wildman–Crippen MR) is 105 cm³/mol. The van der Waals surface area contributed by atoms with Crippen molar-refractivity contribution in [3.63, 3.8) is 0 Å². The number of ether oxygens (including phenoxy) is 1. The molecule has 27 heavy (non-hydrogen) atoms. The summed E-state index contributed by atoms with van der Waals surface area (Å²) in [6, 6.07) is 17.9. The highest BCUT2D eigenvalue weighted by atomic mass is 35.5. The van der Waals surface area contributed by atoms with Crippen LogP contribution in [0.25, 0.3) is 0 Å². The Bertz CT molecular complexity index is 1040. The Labute approximate surface area is 163 Å². The van der Waals surface area contributed by atoms with Gasteiger partial charge in [0, 0.05) is 12.7 Å². The molecule has 0 saturated carbocycles. The van der Waals surface area contributed by atoms with Gasteiger partial charge in [-0.2, -0.15) is 0 Å². The first kappa shape index (κ1) is 19.2. The monoisotopic (exact) mass is 403 g/mol. The van der Waals surface area contributed by atoms with Crippen LogP contribution in [0.4, 0.5) is 5.82 Å². The third-order valence-corrected chi connectivity index (χ3v) is 5.12. The fourth-order valence-electron chi connectivity index (χ4n) is 2.52. The molecule has 0 radical (unpaired) electrons. The summed E-state index contributed by atoms with van der Waals surface area (Å²) in [6.07, 6.45) is 1.50. The van der Waals surface area contributed by atoms with E-state index in [1.54, 1.807) is 12.1 Å². The van der Waals surface area contributed by atoms with Gasteiger partial charge in [-0.25, -0.2) is 18.5 Å². The van der Waals surface area contributed by atoms with Gasteiger partial charge in [-0.1, -0.05) is 48.0 Å². The Balaban J connectivity index is 1.75. The van der Waals surface area contributed by atoms with Crippen LogP contribution in [0.1, 0.15) is 11.1 Å². The number of nitrogens with two attached hydrogens (primary N) is 1. The van der Waals surface area contributed by atoms with Gasteiger partial charge in [-0.05, 0) is 35.4 Å². The number of para-hydroxylation sites is 1. The van der Waals surface area contributed by atoms with E-state index in [9.17, 15) is 8.42 Å². The molecular weight excluding hydrogens is 386 g/mol. The number of primary sulfonamides is 1. The van der Waals surface area contributed by atoms with E-state index in [1.807, 2.05) is 36.4 Å². The Kier molecular flexibility index (Phi) is 5.95. The molecule has 2 aromatic carbocycles. The lowest BCUT2D eigenvalue weighted by Crippen LogP contribution is -2.16. The molecule has 0 saturated heterocycles. The zero-order valence-corrected chi connectivity index (χ0v) is 15.9. The van der Waals surface area contributed by atoms with Gasteiger partial charge in [0.05, 0.1) is 5.02 Å². The molecule has 1 aromatic heterocycles. The summed E-state index contributed by atoms with van der Waals surface area (Å²) in [4.78, 5) is 4.03. The summed E-state index contributed by atoms with van der Waals surface area (Å²) >= 11 is 6.12. The number of sulfonamides is 1. The van der Waals surface area contributed by atoms with Crippen LogP contribution in [-0.2, 0) is 23.2 Å². The van der Waals surface area contributed by atoms with Crippen molar-refractivity contribution in [3.05, 3.63) is 83.0 Å². The molecule has 0 aliphatic rings. The van der Waals surface area contributed by atoms with Gasteiger partial charge in [0.25, 0.3) is 0 Å². The number of hydrogen-bond donors (Lipinski definition) is 2. The molecule has 6 nitrogen and oxygen atoms in total. The van der Waals surface area contributed by atoms with Gasteiger partial charge < -0.3 is 10.1 Å². The lowest BCUT2D eigenvalue weighted by molar-refractivity contribution is 0.305. The number of halogens is 1. The fourth-order valence-corrected chi connectivity index (χ4v) is 3.37. The minimum Gasteiger partial charge on any atom is -0.487 e. The fraction of sp³-hybridized carbons (Fsp3) is 0.105. The smallest absolute Gasteiger partial charge is 0.241 e. The SMILES string of the molecule is NS(=O)(=O)c1cccnc1NCc1ccccc1COc1ccccc1Cl. The molecule has 0 aliphatic carbocycles. The number of pyridine rings is 1. The normalized spacial score (nSPS) is 11.2. The molecule has 0 atom stereocenters. The third kappa shape index (κ3) is 4.97. The van der Waals surface area contributed by atoms with E-state index in [4.69, 9.17) is 21.5 Å². The largest absolute Gasteiger partial charge is 0.487 e. The number of rotatable bonds is 7. The van der Waals surface area contributed by atoms with E-state index < -0.39 is 10.0 Å². The molecule has 0 amide bonds. The van der Waals surface area contributed by atoms with Gasteiger partial charge >= 0.3 is 0 Å². The molecule has 0 bridgehead atoms. The number of nitrogens with zero attached hydrogens (tertiary/aromatic N) is 1. The van der Waals surface area contributed by atoms with E-state index in [0.717, 1.165) is 11.1 Å². The first-order valence-corrected chi connectivity index (χ1v) is 10.0. The molecule has 3 N–H and O–H groups in total. The lowest BCUT2D eigenvalue weighted by Gasteiger charge is -2.14. The van der Waals surface area contributed by atoms with Crippen molar-refractivity contribution in [1.29, 1.82) is 0 Å². The second-order valence-electron chi connectivity index (χ2n) is 5.74. The quantitative estimate of drug-likeness (QED) is 0.628. The minimum absolute atomic E-state index is 0.0465. The average Bonchev–Trinajstić information content (AvgIpc) is 2.66. The van der Waals surface area contributed by atoms with Crippen molar-refractivity contribution in [3.8, 4) is 5.75 Å². The number of hydrogen-bond acceptors (Lipinski definition) is 5. The summed E-state index contributed by atoms with van der Waals surface area (Å²) < 4.78 is 29.2. The maximum absolute atomic E-state index is 11.7. The number of anilines is 1. The molecule has 0 unspecified atom stereocenters. The Morgan fingerprint density at radius 1 is 1.00 bits per heavy atom. The summed E-state index contributed by atoms with van der Waals surface area (Å²) in [5, 5.41) is 8.82. The van der Waals surface area contributed by atoms with Crippen molar-refractivity contribution in [2.75, 3.05) is 5.32 Å². The summed E-state index contributed by atoms with van der Waals surface area (Å²) in [6.45, 7) is 0.688. The van der Waals surface area contributed by atoms with E-state index >= 15 is 0 Å². The average molecular weight is 404 g/mol. The summed E-state index contributed by atoms with van der Waals surface area (Å²) in [5.74, 6) is 0.810. The highest BCUT2D eigenvalue weighted by Gasteiger charge is 2.14. The van der Waals surface area contributed by atoms with E-state index in [1.165, 1.54) is 18.3 Å². The van der Waals surface area contributed by atoms with Crippen LogP contribution in [0.3, 0.4) is 0 Å².